The molecule has 1 aliphatic rings. The molecule has 0 fully saturated rings. The summed E-state index contributed by atoms with van der Waals surface area (Å²) in [6.07, 6.45) is 1.01. The third-order valence-electron chi connectivity index (χ3n) is 3.86. The fraction of sp³-hybridized carbons (Fsp3) is 0.353. The van der Waals surface area contributed by atoms with Gasteiger partial charge in [0.05, 0.1) is 5.75 Å². The van der Waals surface area contributed by atoms with Gasteiger partial charge < -0.3 is 4.90 Å². The summed E-state index contributed by atoms with van der Waals surface area (Å²) in [6, 6.07) is 8.56. The third-order valence-corrected chi connectivity index (χ3v) is 6.02. The van der Waals surface area contributed by atoms with Crippen LogP contribution < -0.4 is 0 Å². The van der Waals surface area contributed by atoms with E-state index in [9.17, 15) is 4.79 Å². The van der Waals surface area contributed by atoms with Crippen LogP contribution in [0, 0.1) is 13.8 Å². The minimum Gasteiger partial charge on any atom is -0.337 e. The van der Waals surface area contributed by atoms with Gasteiger partial charge in [-0.25, -0.2) is 0 Å². The maximum Gasteiger partial charge on any atom is 0.233 e. The number of hydrogen-bond acceptors (Lipinski definition) is 3. The van der Waals surface area contributed by atoms with Crippen LogP contribution in [0.3, 0.4) is 0 Å². The molecule has 0 radical (unpaired) electrons. The summed E-state index contributed by atoms with van der Waals surface area (Å²) < 4.78 is 0. The van der Waals surface area contributed by atoms with Gasteiger partial charge in [0, 0.05) is 22.9 Å². The second-order valence-electron chi connectivity index (χ2n) is 5.49. The average molecular weight is 317 g/mol. The molecule has 110 valence electrons. The van der Waals surface area contributed by atoms with Crippen LogP contribution in [0.4, 0.5) is 0 Å². The van der Waals surface area contributed by atoms with Crippen LogP contribution in [-0.4, -0.2) is 23.1 Å². The number of carbonyl (C=O) groups is 1. The summed E-state index contributed by atoms with van der Waals surface area (Å²) in [5, 5.41) is 2.13. The van der Waals surface area contributed by atoms with Gasteiger partial charge in [-0.3, -0.25) is 4.79 Å². The summed E-state index contributed by atoms with van der Waals surface area (Å²) in [7, 11) is 0. The van der Waals surface area contributed by atoms with Crippen LogP contribution in [0.15, 0.2) is 34.5 Å². The Hall–Kier alpha value is -1.26. The van der Waals surface area contributed by atoms with Crippen molar-refractivity contribution in [3.8, 4) is 0 Å². The SMILES string of the molecule is Cc1ccc(C)c(SCC(=O)N2CCc3sccc3C2)c1. The Morgan fingerprint density at radius 1 is 1.33 bits per heavy atom. The molecule has 21 heavy (non-hydrogen) atoms. The zero-order chi connectivity index (χ0) is 14.8. The first-order chi connectivity index (χ1) is 10.1. The standard InChI is InChI=1S/C17H19NOS2/c1-12-3-4-13(2)16(9-12)21-11-17(19)18-7-5-15-14(10-18)6-8-20-15/h3-4,6,8-9H,5,7,10-11H2,1-2H3. The highest BCUT2D eigenvalue weighted by Gasteiger charge is 2.21. The van der Waals surface area contributed by atoms with Crippen LogP contribution in [0.25, 0.3) is 0 Å². The van der Waals surface area contributed by atoms with Crippen molar-refractivity contribution in [1.29, 1.82) is 0 Å². The molecule has 3 rings (SSSR count). The Bertz CT molecular complexity index is 663. The average Bonchev–Trinajstić information content (AvgIpc) is 2.95. The molecule has 1 aromatic carbocycles. The zero-order valence-electron chi connectivity index (χ0n) is 12.4. The lowest BCUT2D eigenvalue weighted by Crippen LogP contribution is -2.36. The number of benzene rings is 1. The third kappa shape index (κ3) is 3.33. The molecular formula is C17H19NOS2. The lowest BCUT2D eigenvalue weighted by atomic mass is 10.1. The minimum absolute atomic E-state index is 0.248. The predicted octanol–water partition coefficient (Wildman–Crippen LogP) is 4.04. The molecular weight excluding hydrogens is 298 g/mol. The number of hydrogen-bond donors (Lipinski definition) is 0. The molecule has 0 atom stereocenters. The minimum atomic E-state index is 0.248. The van der Waals surface area contributed by atoms with Crippen LogP contribution >= 0.6 is 23.1 Å². The normalized spacial score (nSPS) is 14.1. The first-order valence-corrected chi connectivity index (χ1v) is 9.03. The van der Waals surface area contributed by atoms with E-state index >= 15 is 0 Å². The number of rotatable bonds is 3. The first kappa shape index (κ1) is 14.7. The number of carbonyl (C=O) groups excluding carboxylic acids is 1. The van der Waals surface area contributed by atoms with Crippen LogP contribution in [0.1, 0.15) is 21.6 Å². The molecule has 2 aromatic rings. The predicted molar refractivity (Wildman–Crippen MR) is 90.1 cm³/mol. The fourth-order valence-corrected chi connectivity index (χ4v) is 4.47. The lowest BCUT2D eigenvalue weighted by molar-refractivity contribution is -0.129. The van der Waals surface area contributed by atoms with E-state index in [4.69, 9.17) is 0 Å². The molecule has 1 aliphatic heterocycles. The topological polar surface area (TPSA) is 20.3 Å². The van der Waals surface area contributed by atoms with E-state index in [1.807, 2.05) is 16.2 Å². The highest BCUT2D eigenvalue weighted by atomic mass is 32.2. The Labute approximate surface area is 134 Å². The molecule has 0 saturated carbocycles. The van der Waals surface area contributed by atoms with E-state index in [0.29, 0.717) is 5.75 Å². The van der Waals surface area contributed by atoms with Gasteiger partial charge in [-0.1, -0.05) is 17.7 Å². The molecule has 2 heterocycles. The number of fused-ring (bicyclic) bond motifs is 1. The van der Waals surface area contributed by atoms with Crippen molar-refractivity contribution < 1.29 is 4.79 Å². The van der Waals surface area contributed by atoms with Gasteiger partial charge >= 0.3 is 0 Å². The highest BCUT2D eigenvalue weighted by molar-refractivity contribution is 8.00. The van der Waals surface area contributed by atoms with Crippen LogP contribution in [-0.2, 0) is 17.8 Å². The van der Waals surface area contributed by atoms with Crippen molar-refractivity contribution in [3.05, 3.63) is 51.2 Å². The maximum atomic E-state index is 12.4. The molecule has 0 saturated heterocycles. The monoisotopic (exact) mass is 317 g/mol. The largest absolute Gasteiger partial charge is 0.337 e. The summed E-state index contributed by atoms with van der Waals surface area (Å²) in [5.74, 6) is 0.779. The van der Waals surface area contributed by atoms with Crippen molar-refractivity contribution >= 4 is 29.0 Å². The second kappa shape index (κ2) is 6.24. The van der Waals surface area contributed by atoms with Crippen molar-refractivity contribution in [2.45, 2.75) is 31.7 Å². The molecule has 0 unspecified atom stereocenters. The van der Waals surface area contributed by atoms with E-state index < -0.39 is 0 Å². The van der Waals surface area contributed by atoms with Crippen molar-refractivity contribution in [3.63, 3.8) is 0 Å². The van der Waals surface area contributed by atoms with E-state index in [0.717, 1.165) is 19.5 Å². The number of thiophene rings is 1. The molecule has 1 aromatic heterocycles. The van der Waals surface area contributed by atoms with Gasteiger partial charge in [0.2, 0.25) is 5.91 Å². The van der Waals surface area contributed by atoms with Gasteiger partial charge in [-0.05, 0) is 48.9 Å². The lowest BCUT2D eigenvalue weighted by Gasteiger charge is -2.27. The molecule has 0 aliphatic carbocycles. The Morgan fingerprint density at radius 2 is 2.19 bits per heavy atom. The molecule has 0 N–H and O–H groups in total. The molecule has 0 spiro atoms. The quantitative estimate of drug-likeness (QED) is 0.796. The van der Waals surface area contributed by atoms with Crippen molar-refractivity contribution in [1.82, 2.24) is 4.90 Å². The zero-order valence-corrected chi connectivity index (χ0v) is 14.0. The molecule has 4 heteroatoms. The first-order valence-electron chi connectivity index (χ1n) is 7.16. The summed E-state index contributed by atoms with van der Waals surface area (Å²) >= 11 is 3.47. The van der Waals surface area contributed by atoms with Crippen LogP contribution in [0.5, 0.6) is 0 Å². The van der Waals surface area contributed by atoms with Crippen molar-refractivity contribution in [2.75, 3.05) is 12.3 Å². The second-order valence-corrected chi connectivity index (χ2v) is 7.51. The molecule has 0 bridgehead atoms. The number of thioether (sulfide) groups is 1. The number of amides is 1. The number of aryl methyl sites for hydroxylation is 2. The summed E-state index contributed by atoms with van der Waals surface area (Å²) in [6.45, 7) is 5.84. The van der Waals surface area contributed by atoms with E-state index in [1.54, 1.807) is 11.8 Å². The summed E-state index contributed by atoms with van der Waals surface area (Å²) in [5.41, 5.74) is 3.82. The Morgan fingerprint density at radius 3 is 3.05 bits per heavy atom. The fourth-order valence-electron chi connectivity index (χ4n) is 2.55. The van der Waals surface area contributed by atoms with Gasteiger partial charge in [0.15, 0.2) is 0 Å². The molecule has 2 nitrogen and oxygen atoms in total. The Kier molecular flexibility index (Phi) is 4.36. The van der Waals surface area contributed by atoms with Gasteiger partial charge in [0.1, 0.15) is 0 Å². The highest BCUT2D eigenvalue weighted by Crippen LogP contribution is 2.27. The maximum absolute atomic E-state index is 12.4. The Balaban J connectivity index is 1.61. The number of nitrogens with zero attached hydrogens (tertiary/aromatic N) is 1. The van der Waals surface area contributed by atoms with Crippen molar-refractivity contribution in [2.24, 2.45) is 0 Å². The van der Waals surface area contributed by atoms with E-state index in [2.05, 4.69) is 43.5 Å². The van der Waals surface area contributed by atoms with Gasteiger partial charge in [0.25, 0.3) is 0 Å². The molecule has 1 amide bonds. The summed E-state index contributed by atoms with van der Waals surface area (Å²) in [4.78, 5) is 17.1. The smallest absolute Gasteiger partial charge is 0.233 e. The van der Waals surface area contributed by atoms with Gasteiger partial charge in [-0.2, -0.15) is 0 Å². The van der Waals surface area contributed by atoms with E-state index in [-0.39, 0.29) is 5.91 Å². The van der Waals surface area contributed by atoms with Gasteiger partial charge in [-0.15, -0.1) is 23.1 Å². The van der Waals surface area contributed by atoms with E-state index in [1.165, 1.54) is 26.5 Å². The van der Waals surface area contributed by atoms with Crippen LogP contribution in [0.2, 0.25) is 0 Å².